The number of anilines is 1. The number of pyridine rings is 1. The van der Waals surface area contributed by atoms with Crippen molar-refractivity contribution in [3.8, 4) is 22.6 Å². The van der Waals surface area contributed by atoms with E-state index in [0.717, 1.165) is 58.4 Å². The number of alkyl halides is 3. The Hall–Kier alpha value is -4.48. The first-order valence-corrected chi connectivity index (χ1v) is 13.0. The number of aromatic nitrogens is 7. The standard InChI is InChI=1S/C28H27F3N8O/c1-16-24(21-10-5-9-20(25(21)37(16)3)18-13-33-39(14-18)19-7-4-8-19)27(40)35-23-12-6-11-22(34-23)26-36-32-15-38(26)17(2)28(29,30)31/h5-6,9-15,17,19H,4,7-8H2,1-3H3,(H,34,35,40)/t17-/m0/s1. The number of rotatable bonds is 6. The minimum atomic E-state index is -4.48. The molecule has 12 heteroatoms. The van der Waals surface area contributed by atoms with Crippen LogP contribution < -0.4 is 5.32 Å². The molecule has 40 heavy (non-hydrogen) atoms. The normalized spacial score (nSPS) is 14.8. The van der Waals surface area contributed by atoms with Gasteiger partial charge in [0.2, 0.25) is 0 Å². The number of aryl methyl sites for hydroxylation is 1. The second kappa shape index (κ2) is 9.61. The van der Waals surface area contributed by atoms with E-state index in [9.17, 15) is 18.0 Å². The monoisotopic (exact) mass is 548 g/mol. The maximum Gasteiger partial charge on any atom is 0.408 e. The van der Waals surface area contributed by atoms with Crippen molar-refractivity contribution in [2.75, 3.05) is 5.32 Å². The third-order valence-electron chi connectivity index (χ3n) is 7.78. The van der Waals surface area contributed by atoms with Crippen molar-refractivity contribution in [1.82, 2.24) is 34.1 Å². The average molecular weight is 549 g/mol. The highest BCUT2D eigenvalue weighted by molar-refractivity contribution is 6.15. The molecule has 0 aliphatic heterocycles. The van der Waals surface area contributed by atoms with Gasteiger partial charge in [-0.3, -0.25) is 9.48 Å². The number of carbonyl (C=O) groups excluding carboxylic acids is 1. The number of amides is 1. The Morgan fingerprint density at radius 1 is 1.15 bits per heavy atom. The quantitative estimate of drug-likeness (QED) is 0.277. The maximum atomic E-state index is 13.6. The van der Waals surface area contributed by atoms with Crippen molar-refractivity contribution in [3.05, 3.63) is 66.4 Å². The smallest absolute Gasteiger partial charge is 0.347 e. The Morgan fingerprint density at radius 2 is 1.93 bits per heavy atom. The molecule has 1 amide bonds. The molecule has 1 aliphatic carbocycles. The number of hydrogen-bond donors (Lipinski definition) is 1. The van der Waals surface area contributed by atoms with E-state index < -0.39 is 12.2 Å². The van der Waals surface area contributed by atoms with E-state index in [0.29, 0.717) is 11.6 Å². The summed E-state index contributed by atoms with van der Waals surface area (Å²) in [4.78, 5) is 18.0. The van der Waals surface area contributed by atoms with Crippen LogP contribution in [-0.4, -0.2) is 46.2 Å². The molecule has 0 radical (unpaired) electrons. The van der Waals surface area contributed by atoms with Gasteiger partial charge in [-0.25, -0.2) is 4.98 Å². The molecular weight excluding hydrogens is 521 g/mol. The van der Waals surface area contributed by atoms with Crippen LogP contribution in [0.25, 0.3) is 33.5 Å². The minimum absolute atomic E-state index is 0.0469. The zero-order valence-electron chi connectivity index (χ0n) is 22.1. The van der Waals surface area contributed by atoms with E-state index in [1.807, 2.05) is 47.6 Å². The number of nitrogens with one attached hydrogen (secondary N) is 1. The summed E-state index contributed by atoms with van der Waals surface area (Å²) < 4.78 is 45.0. The van der Waals surface area contributed by atoms with Crippen LogP contribution in [0.3, 0.4) is 0 Å². The third-order valence-corrected chi connectivity index (χ3v) is 7.78. The molecule has 0 saturated heterocycles. The highest BCUT2D eigenvalue weighted by Crippen LogP contribution is 2.37. The van der Waals surface area contributed by atoms with Crippen LogP contribution in [0.15, 0.2) is 55.1 Å². The highest BCUT2D eigenvalue weighted by Gasteiger charge is 2.39. The van der Waals surface area contributed by atoms with Gasteiger partial charge in [-0.1, -0.05) is 24.3 Å². The molecular formula is C28H27F3N8O. The summed E-state index contributed by atoms with van der Waals surface area (Å²) in [6, 6.07) is 9.15. The van der Waals surface area contributed by atoms with Gasteiger partial charge in [0.15, 0.2) is 5.82 Å². The van der Waals surface area contributed by atoms with Gasteiger partial charge in [0, 0.05) is 35.5 Å². The van der Waals surface area contributed by atoms with Crippen molar-refractivity contribution in [2.45, 2.75) is 51.4 Å². The van der Waals surface area contributed by atoms with Gasteiger partial charge in [-0.05, 0) is 45.2 Å². The molecule has 5 aromatic rings. The van der Waals surface area contributed by atoms with E-state index >= 15 is 0 Å². The predicted octanol–water partition coefficient (Wildman–Crippen LogP) is 6.10. The van der Waals surface area contributed by atoms with Crippen LogP contribution in [0.2, 0.25) is 0 Å². The van der Waals surface area contributed by atoms with Crippen molar-refractivity contribution in [2.24, 2.45) is 7.05 Å². The molecule has 1 fully saturated rings. The number of fused-ring (bicyclic) bond motifs is 1. The van der Waals surface area contributed by atoms with Crippen LogP contribution in [0.4, 0.5) is 19.0 Å². The molecule has 6 rings (SSSR count). The van der Waals surface area contributed by atoms with Gasteiger partial charge >= 0.3 is 6.18 Å². The fraction of sp³-hybridized carbons (Fsp3) is 0.321. The summed E-state index contributed by atoms with van der Waals surface area (Å²) in [5, 5.41) is 15.7. The lowest BCUT2D eigenvalue weighted by Crippen LogP contribution is -2.24. The molecule has 206 valence electrons. The molecule has 1 N–H and O–H groups in total. The highest BCUT2D eigenvalue weighted by atomic mass is 19.4. The van der Waals surface area contributed by atoms with Crippen molar-refractivity contribution in [3.63, 3.8) is 0 Å². The van der Waals surface area contributed by atoms with Crippen LogP contribution in [-0.2, 0) is 7.05 Å². The molecule has 4 heterocycles. The Bertz CT molecular complexity index is 1730. The van der Waals surface area contributed by atoms with E-state index in [1.165, 1.54) is 12.5 Å². The number of hydrogen-bond acceptors (Lipinski definition) is 5. The van der Waals surface area contributed by atoms with Gasteiger partial charge < -0.3 is 14.5 Å². The van der Waals surface area contributed by atoms with Crippen molar-refractivity contribution < 1.29 is 18.0 Å². The van der Waals surface area contributed by atoms with Crippen molar-refractivity contribution >= 4 is 22.6 Å². The zero-order chi connectivity index (χ0) is 28.2. The predicted molar refractivity (Wildman–Crippen MR) is 144 cm³/mol. The number of benzene rings is 1. The first-order valence-electron chi connectivity index (χ1n) is 13.0. The van der Waals surface area contributed by atoms with Gasteiger partial charge in [0.05, 0.1) is 23.3 Å². The molecule has 1 aliphatic rings. The van der Waals surface area contributed by atoms with Gasteiger partial charge in [0.1, 0.15) is 23.9 Å². The van der Waals surface area contributed by atoms with Crippen LogP contribution in [0, 0.1) is 6.92 Å². The van der Waals surface area contributed by atoms with Crippen LogP contribution in [0.5, 0.6) is 0 Å². The lowest BCUT2D eigenvalue weighted by molar-refractivity contribution is -0.162. The molecule has 1 aromatic carbocycles. The maximum absolute atomic E-state index is 13.6. The largest absolute Gasteiger partial charge is 0.408 e. The summed E-state index contributed by atoms with van der Waals surface area (Å²) in [5.41, 5.74) is 4.29. The summed E-state index contributed by atoms with van der Waals surface area (Å²) in [5.74, 6) is -0.236. The first kappa shape index (κ1) is 25.8. The Labute approximate surface area is 227 Å². The molecule has 4 aromatic heterocycles. The Balaban J connectivity index is 1.32. The second-order valence-corrected chi connectivity index (χ2v) is 10.2. The Morgan fingerprint density at radius 3 is 2.65 bits per heavy atom. The average Bonchev–Trinajstić information content (AvgIpc) is 3.61. The molecule has 9 nitrogen and oxygen atoms in total. The summed E-state index contributed by atoms with van der Waals surface area (Å²) in [6.45, 7) is 2.90. The first-order chi connectivity index (χ1) is 19.1. The lowest BCUT2D eigenvalue weighted by atomic mass is 9.93. The zero-order valence-corrected chi connectivity index (χ0v) is 22.1. The number of nitrogens with zero attached hydrogens (tertiary/aromatic N) is 7. The van der Waals surface area contributed by atoms with Crippen molar-refractivity contribution in [1.29, 1.82) is 0 Å². The molecule has 1 saturated carbocycles. The summed E-state index contributed by atoms with van der Waals surface area (Å²) >= 11 is 0. The number of para-hydroxylation sites is 1. The Kier molecular flexibility index (Phi) is 6.20. The van der Waals surface area contributed by atoms with E-state index in [2.05, 4.69) is 31.8 Å². The minimum Gasteiger partial charge on any atom is -0.347 e. The topological polar surface area (TPSA) is 95.5 Å². The van der Waals surface area contributed by atoms with Crippen LogP contribution in [0.1, 0.15) is 54.3 Å². The molecule has 1 atom stereocenters. The number of carbonyl (C=O) groups is 1. The third kappa shape index (κ3) is 4.33. The SMILES string of the molecule is Cc1c(C(=O)Nc2cccc(-c3nncn3[C@@H](C)C(F)(F)F)n2)c2cccc(-c3cnn(C4CCC4)c3)c2n1C. The van der Waals surface area contributed by atoms with Crippen LogP contribution >= 0.6 is 0 Å². The van der Waals surface area contributed by atoms with E-state index in [4.69, 9.17) is 0 Å². The molecule has 0 bridgehead atoms. The summed E-state index contributed by atoms with van der Waals surface area (Å²) in [7, 11) is 1.92. The van der Waals surface area contributed by atoms with Gasteiger partial charge in [-0.15, -0.1) is 10.2 Å². The molecule has 0 spiro atoms. The lowest BCUT2D eigenvalue weighted by Gasteiger charge is -2.25. The summed E-state index contributed by atoms with van der Waals surface area (Å²) in [6.07, 6.45) is 3.95. The van der Waals surface area contributed by atoms with Gasteiger partial charge in [-0.2, -0.15) is 18.3 Å². The fourth-order valence-corrected chi connectivity index (χ4v) is 5.16. The van der Waals surface area contributed by atoms with E-state index in [-0.39, 0.29) is 23.2 Å². The van der Waals surface area contributed by atoms with Gasteiger partial charge in [0.25, 0.3) is 5.91 Å². The second-order valence-electron chi connectivity index (χ2n) is 10.2. The van der Waals surface area contributed by atoms with E-state index in [1.54, 1.807) is 12.1 Å². The molecule has 0 unspecified atom stereocenters. The number of halogens is 3. The fourth-order valence-electron chi connectivity index (χ4n) is 5.16.